The molecule has 0 aromatic heterocycles. The van der Waals surface area contributed by atoms with Gasteiger partial charge in [-0.2, -0.15) is 0 Å². The molecule has 12 heavy (non-hydrogen) atoms. The van der Waals surface area contributed by atoms with E-state index in [9.17, 15) is 0 Å². The van der Waals surface area contributed by atoms with Crippen LogP contribution in [0.3, 0.4) is 0 Å². The van der Waals surface area contributed by atoms with Gasteiger partial charge in [0.1, 0.15) is 0 Å². The molecule has 0 N–H and O–H groups in total. The van der Waals surface area contributed by atoms with Crippen molar-refractivity contribution in [2.45, 2.75) is 0 Å². The molecule has 0 saturated heterocycles. The Bertz CT molecular complexity index is 14.5. The summed E-state index contributed by atoms with van der Waals surface area (Å²) in [5.74, 6) is 0. The second-order valence-electron chi connectivity index (χ2n) is 0. The normalized spacial score (nSPS) is 0. The van der Waals surface area contributed by atoms with Crippen LogP contribution in [0.4, 0.5) is 0 Å². The van der Waals surface area contributed by atoms with Crippen molar-refractivity contribution in [3.8, 4) is 0 Å². The van der Waals surface area contributed by atoms with Crippen LogP contribution in [0.25, 0.3) is 0 Å². The summed E-state index contributed by atoms with van der Waals surface area (Å²) in [5.41, 5.74) is 0. The average Bonchev–Trinajstić information content (AvgIpc) is 0. The zero-order valence-electron chi connectivity index (χ0n) is 4.63. The standard InChI is InChI=1S/9FH.Gd.Ho.Y/h9*1H;;;/q;;;;;;;;;3*+3/p-9. The van der Waals surface area contributed by atoms with Gasteiger partial charge in [0.05, 0.1) is 0 Å². The van der Waals surface area contributed by atoms with Crippen molar-refractivity contribution in [2.24, 2.45) is 0 Å². The largest absolute Gasteiger partial charge is 3.00 e. The first-order valence-electron chi connectivity index (χ1n) is 0. The fourth-order valence-corrected chi connectivity index (χ4v) is 0. The molecule has 0 nitrogen and oxygen atoms in total. The number of halogens is 9. The van der Waals surface area contributed by atoms with E-state index in [0.29, 0.717) is 0 Å². The van der Waals surface area contributed by atoms with E-state index in [4.69, 9.17) is 0 Å². The maximum absolute atomic E-state index is 0. The van der Waals surface area contributed by atoms with Crippen LogP contribution in [0, 0.1) is 77.7 Å². The average molecular weight is 582 g/mol. The topological polar surface area (TPSA) is 0 Å². The first-order valence-corrected chi connectivity index (χ1v) is 0. The third-order valence-corrected chi connectivity index (χ3v) is 0. The molecular formula is F9GdHoY. The van der Waals surface area contributed by atoms with Crippen molar-refractivity contribution in [1.82, 2.24) is 0 Å². The number of rotatable bonds is 0. The van der Waals surface area contributed by atoms with Gasteiger partial charge in [0.15, 0.2) is 0 Å². The minimum absolute atomic E-state index is 0. The van der Waals surface area contributed by atoms with Crippen molar-refractivity contribution in [1.29, 1.82) is 0 Å². The van der Waals surface area contributed by atoms with Crippen LogP contribution in [-0.4, -0.2) is 0 Å². The van der Waals surface area contributed by atoms with Crippen LogP contribution in [0.2, 0.25) is 0 Å². The first kappa shape index (κ1) is 318. The van der Waals surface area contributed by atoms with Gasteiger partial charge in [-0.15, -0.1) is 0 Å². The second kappa shape index (κ2) is 256. The van der Waals surface area contributed by atoms with Crippen LogP contribution in [0.5, 0.6) is 0 Å². The molecular weight excluding hydrogens is 582 g/mol. The molecule has 0 aliphatic rings. The smallest absolute Gasteiger partial charge is 1.00 e. The Morgan fingerprint density at radius 1 is 0.333 bits per heavy atom. The molecule has 0 spiro atoms. The summed E-state index contributed by atoms with van der Waals surface area (Å²) in [6.45, 7) is 0. The van der Waals surface area contributed by atoms with Crippen molar-refractivity contribution in [3.63, 3.8) is 0 Å². The van der Waals surface area contributed by atoms with E-state index in [-0.39, 0.29) is 153 Å². The fourth-order valence-electron chi connectivity index (χ4n) is 0. The molecule has 0 bridgehead atoms. The van der Waals surface area contributed by atoms with Crippen LogP contribution < -0.4 is 42.3 Å². The zero-order valence-corrected chi connectivity index (χ0v) is 11.7. The van der Waals surface area contributed by atoms with E-state index in [1.807, 2.05) is 0 Å². The maximum atomic E-state index is 0. The SMILES string of the molecule is [F-].[F-].[F-].[F-].[F-].[F-].[F-].[F-].[F-].[Gd+3].[Ho+3].[Y+3]. The minimum Gasteiger partial charge on any atom is -1.00 e. The van der Waals surface area contributed by atoms with E-state index in [0.717, 1.165) is 0 Å². The van der Waals surface area contributed by atoms with Gasteiger partial charge in [0, 0.05) is 0 Å². The van der Waals surface area contributed by atoms with E-state index < -0.39 is 0 Å². The van der Waals surface area contributed by atoms with Gasteiger partial charge in [-0.05, 0) is 0 Å². The molecule has 12 heteroatoms. The second-order valence-corrected chi connectivity index (χ2v) is 0. The fraction of sp³-hybridized carbons (Fsp3) is 0. The van der Waals surface area contributed by atoms with Gasteiger partial charge >= 0.3 is 110 Å². The molecule has 0 aromatic carbocycles. The van der Waals surface area contributed by atoms with Gasteiger partial charge in [0.25, 0.3) is 0 Å². The zero-order chi connectivity index (χ0) is 0. The Kier molecular flexibility index (Phi) is 6800. The molecule has 85 valence electrons. The number of hydrogen-bond donors (Lipinski definition) is 0. The Morgan fingerprint density at radius 3 is 0.333 bits per heavy atom. The summed E-state index contributed by atoms with van der Waals surface area (Å²) in [4.78, 5) is 0. The third-order valence-electron chi connectivity index (χ3n) is 0. The van der Waals surface area contributed by atoms with E-state index in [1.165, 1.54) is 0 Å². The van der Waals surface area contributed by atoms with Crippen LogP contribution >= 0.6 is 0 Å². The Balaban J connectivity index is 0. The molecule has 0 aliphatic carbocycles. The van der Waals surface area contributed by atoms with Gasteiger partial charge in [-0.3, -0.25) is 0 Å². The van der Waals surface area contributed by atoms with Crippen LogP contribution in [0.15, 0.2) is 0 Å². The van der Waals surface area contributed by atoms with Crippen LogP contribution in [0.1, 0.15) is 0 Å². The van der Waals surface area contributed by atoms with Crippen molar-refractivity contribution in [2.75, 3.05) is 0 Å². The summed E-state index contributed by atoms with van der Waals surface area (Å²) in [6, 6.07) is 0. The molecule has 0 aromatic rings. The molecule has 0 atom stereocenters. The first-order chi connectivity index (χ1) is 0. The van der Waals surface area contributed by atoms with E-state index >= 15 is 0 Å². The minimum atomic E-state index is 0. The predicted octanol–water partition coefficient (Wildman–Crippen LogP) is -27.0. The molecule has 0 rings (SSSR count). The van der Waals surface area contributed by atoms with Gasteiger partial charge in [-0.25, -0.2) is 0 Å². The third kappa shape index (κ3) is 203. The monoisotopic (exact) mass is 583 g/mol. The molecule has 1 radical (unpaired) electrons. The van der Waals surface area contributed by atoms with Crippen LogP contribution in [-0.2, 0) is 32.7 Å². The van der Waals surface area contributed by atoms with Gasteiger partial charge < -0.3 is 42.3 Å². The maximum Gasteiger partial charge on any atom is 3.00 e. The summed E-state index contributed by atoms with van der Waals surface area (Å²) < 4.78 is 0. The Morgan fingerprint density at radius 2 is 0.333 bits per heavy atom. The van der Waals surface area contributed by atoms with Gasteiger partial charge in [-0.1, -0.05) is 0 Å². The summed E-state index contributed by atoms with van der Waals surface area (Å²) in [6.07, 6.45) is 0. The van der Waals surface area contributed by atoms with Crippen molar-refractivity contribution >= 4 is 0 Å². The molecule has 0 fully saturated rings. The summed E-state index contributed by atoms with van der Waals surface area (Å²) >= 11 is 0. The van der Waals surface area contributed by atoms with E-state index in [2.05, 4.69) is 0 Å². The Labute approximate surface area is 150 Å². The number of hydrogen-bond acceptors (Lipinski definition) is 0. The van der Waals surface area contributed by atoms with Crippen molar-refractivity contribution < 1.29 is 153 Å². The summed E-state index contributed by atoms with van der Waals surface area (Å²) in [5, 5.41) is 0. The molecule has 0 saturated carbocycles. The molecule has 0 amide bonds. The summed E-state index contributed by atoms with van der Waals surface area (Å²) in [7, 11) is 0. The molecule has 0 aliphatic heterocycles. The predicted molar refractivity (Wildman–Crippen MR) is 0 cm³/mol. The molecule has 0 unspecified atom stereocenters. The van der Waals surface area contributed by atoms with Gasteiger partial charge in [0.2, 0.25) is 0 Å². The molecule has 0 heterocycles. The quantitative estimate of drug-likeness (QED) is 0.197. The Hall–Kier alpha value is 3.06. The van der Waals surface area contributed by atoms with Crippen molar-refractivity contribution in [3.05, 3.63) is 0 Å². The van der Waals surface area contributed by atoms with E-state index in [1.54, 1.807) is 0 Å².